The fourth-order valence-electron chi connectivity index (χ4n) is 4.73. The summed E-state index contributed by atoms with van der Waals surface area (Å²) >= 11 is 5.92. The SMILES string of the molecule is CC[C@H](NC(=O)c1ccc(Cl)cc1)[C@H]1CC[C@H](c2ccnc3ccc(F)cc32)CC1. The van der Waals surface area contributed by atoms with Gasteiger partial charge in [-0.2, -0.15) is 0 Å². The van der Waals surface area contributed by atoms with E-state index in [4.69, 9.17) is 11.6 Å². The van der Waals surface area contributed by atoms with Gasteiger partial charge in [0.1, 0.15) is 5.82 Å². The Morgan fingerprint density at radius 1 is 1.13 bits per heavy atom. The van der Waals surface area contributed by atoms with Crippen LogP contribution in [0.3, 0.4) is 0 Å². The summed E-state index contributed by atoms with van der Waals surface area (Å²) < 4.78 is 13.8. The molecule has 1 fully saturated rings. The van der Waals surface area contributed by atoms with E-state index in [0.29, 0.717) is 22.4 Å². The molecular weight excluding hydrogens is 399 g/mol. The summed E-state index contributed by atoms with van der Waals surface area (Å²) in [5.41, 5.74) is 2.67. The van der Waals surface area contributed by atoms with E-state index in [2.05, 4.69) is 17.2 Å². The van der Waals surface area contributed by atoms with E-state index < -0.39 is 0 Å². The fourth-order valence-corrected chi connectivity index (χ4v) is 4.86. The zero-order chi connectivity index (χ0) is 21.1. The number of nitrogens with one attached hydrogen (secondary N) is 1. The Morgan fingerprint density at radius 2 is 1.87 bits per heavy atom. The summed E-state index contributed by atoms with van der Waals surface area (Å²) in [6.07, 6.45) is 6.88. The quantitative estimate of drug-likeness (QED) is 0.507. The number of pyridine rings is 1. The van der Waals surface area contributed by atoms with Gasteiger partial charge in [0, 0.05) is 28.2 Å². The first-order valence-corrected chi connectivity index (χ1v) is 11.0. The summed E-state index contributed by atoms with van der Waals surface area (Å²) in [7, 11) is 0. The molecule has 156 valence electrons. The Balaban J connectivity index is 1.43. The van der Waals surface area contributed by atoms with Crippen molar-refractivity contribution in [3.8, 4) is 0 Å². The molecule has 0 spiro atoms. The van der Waals surface area contributed by atoms with Crippen molar-refractivity contribution in [2.75, 3.05) is 0 Å². The standard InChI is InChI=1S/C25H26ClFN2O/c1-2-23(29-25(30)18-7-9-19(26)10-8-18)17-5-3-16(4-6-17)21-13-14-28-24-12-11-20(27)15-22(21)24/h7-17,23H,2-6H2,1H3,(H,29,30)/t16-,17-,23-/m0/s1. The van der Waals surface area contributed by atoms with Crippen LogP contribution in [0, 0.1) is 11.7 Å². The van der Waals surface area contributed by atoms with Crippen LogP contribution in [0.1, 0.15) is 60.9 Å². The fraction of sp³-hybridized carbons (Fsp3) is 0.360. The predicted molar refractivity (Wildman–Crippen MR) is 119 cm³/mol. The molecule has 1 saturated carbocycles. The highest BCUT2D eigenvalue weighted by Gasteiger charge is 2.29. The molecule has 0 radical (unpaired) electrons. The minimum Gasteiger partial charge on any atom is -0.349 e. The summed E-state index contributed by atoms with van der Waals surface area (Å²) in [4.78, 5) is 17.0. The normalized spacial score (nSPS) is 20.1. The molecule has 30 heavy (non-hydrogen) atoms. The average Bonchev–Trinajstić information content (AvgIpc) is 2.77. The second-order valence-electron chi connectivity index (χ2n) is 8.17. The van der Waals surface area contributed by atoms with Crippen LogP contribution in [-0.4, -0.2) is 16.9 Å². The van der Waals surface area contributed by atoms with E-state index in [1.165, 1.54) is 11.6 Å². The molecule has 1 aromatic heterocycles. The molecule has 0 unspecified atom stereocenters. The predicted octanol–water partition coefficient (Wildman–Crippen LogP) is 6.51. The van der Waals surface area contributed by atoms with Gasteiger partial charge in [0.15, 0.2) is 0 Å². The zero-order valence-corrected chi connectivity index (χ0v) is 17.8. The first kappa shape index (κ1) is 20.8. The third-order valence-corrected chi connectivity index (χ3v) is 6.63. The van der Waals surface area contributed by atoms with Gasteiger partial charge >= 0.3 is 0 Å². The minimum absolute atomic E-state index is 0.0451. The number of carbonyl (C=O) groups is 1. The molecule has 0 aliphatic heterocycles. The van der Waals surface area contributed by atoms with Crippen molar-refractivity contribution >= 4 is 28.4 Å². The van der Waals surface area contributed by atoms with Crippen LogP contribution in [0.5, 0.6) is 0 Å². The molecule has 5 heteroatoms. The molecule has 2 aromatic carbocycles. The molecule has 1 aliphatic rings. The van der Waals surface area contributed by atoms with Crippen molar-refractivity contribution < 1.29 is 9.18 Å². The maximum Gasteiger partial charge on any atom is 0.251 e. The van der Waals surface area contributed by atoms with Gasteiger partial charge in [0.05, 0.1) is 5.52 Å². The third kappa shape index (κ3) is 4.49. The maximum absolute atomic E-state index is 13.8. The van der Waals surface area contributed by atoms with Crippen molar-refractivity contribution in [3.63, 3.8) is 0 Å². The molecule has 1 atom stereocenters. The Labute approximate surface area is 181 Å². The van der Waals surface area contributed by atoms with Crippen LogP contribution >= 0.6 is 11.6 Å². The molecule has 1 heterocycles. The van der Waals surface area contributed by atoms with Crippen LogP contribution in [0.15, 0.2) is 54.7 Å². The number of hydrogen-bond donors (Lipinski definition) is 1. The van der Waals surface area contributed by atoms with Crippen LogP contribution < -0.4 is 5.32 Å². The highest BCUT2D eigenvalue weighted by atomic mass is 35.5. The van der Waals surface area contributed by atoms with Gasteiger partial charge in [0.25, 0.3) is 5.91 Å². The molecular formula is C25H26ClFN2O. The van der Waals surface area contributed by atoms with Gasteiger partial charge in [-0.3, -0.25) is 9.78 Å². The monoisotopic (exact) mass is 424 g/mol. The first-order valence-electron chi connectivity index (χ1n) is 10.7. The van der Waals surface area contributed by atoms with Gasteiger partial charge in [0.2, 0.25) is 0 Å². The van der Waals surface area contributed by atoms with E-state index in [-0.39, 0.29) is 17.8 Å². The first-order chi connectivity index (χ1) is 14.5. The molecule has 0 bridgehead atoms. The maximum atomic E-state index is 13.8. The van der Waals surface area contributed by atoms with E-state index in [1.54, 1.807) is 36.4 Å². The van der Waals surface area contributed by atoms with Crippen molar-refractivity contribution in [3.05, 3.63) is 76.7 Å². The number of halogens is 2. The van der Waals surface area contributed by atoms with E-state index in [0.717, 1.165) is 43.0 Å². The van der Waals surface area contributed by atoms with Gasteiger partial charge < -0.3 is 5.32 Å². The highest BCUT2D eigenvalue weighted by Crippen LogP contribution is 2.39. The van der Waals surface area contributed by atoms with Crippen molar-refractivity contribution in [2.45, 2.75) is 51.0 Å². The number of benzene rings is 2. The summed E-state index contributed by atoms with van der Waals surface area (Å²) in [6, 6.07) is 14.0. The second kappa shape index (κ2) is 9.13. The Kier molecular flexibility index (Phi) is 6.33. The van der Waals surface area contributed by atoms with Gasteiger partial charge in [-0.15, -0.1) is 0 Å². The van der Waals surface area contributed by atoms with Crippen molar-refractivity contribution in [1.29, 1.82) is 0 Å². The van der Waals surface area contributed by atoms with Gasteiger partial charge in [-0.05, 0) is 98.0 Å². The lowest BCUT2D eigenvalue weighted by Gasteiger charge is -2.34. The molecule has 3 nitrogen and oxygen atoms in total. The van der Waals surface area contributed by atoms with Crippen LogP contribution in [0.2, 0.25) is 5.02 Å². The van der Waals surface area contributed by atoms with E-state index >= 15 is 0 Å². The average molecular weight is 425 g/mol. The lowest BCUT2D eigenvalue weighted by atomic mass is 9.75. The summed E-state index contributed by atoms with van der Waals surface area (Å²) in [5.74, 6) is 0.586. The van der Waals surface area contributed by atoms with Crippen LogP contribution in [0.25, 0.3) is 10.9 Å². The smallest absolute Gasteiger partial charge is 0.251 e. The Morgan fingerprint density at radius 3 is 2.57 bits per heavy atom. The highest BCUT2D eigenvalue weighted by molar-refractivity contribution is 6.30. The Hall–Kier alpha value is -2.46. The second-order valence-corrected chi connectivity index (χ2v) is 8.60. The summed E-state index contributed by atoms with van der Waals surface area (Å²) in [5, 5.41) is 4.77. The summed E-state index contributed by atoms with van der Waals surface area (Å²) in [6.45, 7) is 2.12. The minimum atomic E-state index is -0.221. The molecule has 3 aromatic rings. The molecule has 1 N–H and O–H groups in total. The van der Waals surface area contributed by atoms with Crippen molar-refractivity contribution in [1.82, 2.24) is 10.3 Å². The third-order valence-electron chi connectivity index (χ3n) is 6.38. The van der Waals surface area contributed by atoms with Crippen LogP contribution in [-0.2, 0) is 0 Å². The lowest BCUT2D eigenvalue weighted by Crippen LogP contribution is -2.41. The molecule has 4 rings (SSSR count). The number of hydrogen-bond acceptors (Lipinski definition) is 2. The number of aromatic nitrogens is 1. The number of nitrogens with zero attached hydrogens (tertiary/aromatic N) is 1. The van der Waals surface area contributed by atoms with Gasteiger partial charge in [-0.25, -0.2) is 4.39 Å². The zero-order valence-electron chi connectivity index (χ0n) is 17.1. The Bertz CT molecular complexity index is 1030. The lowest BCUT2D eigenvalue weighted by molar-refractivity contribution is 0.0909. The van der Waals surface area contributed by atoms with Crippen LogP contribution in [0.4, 0.5) is 4.39 Å². The van der Waals surface area contributed by atoms with E-state index in [1.807, 2.05) is 12.3 Å². The largest absolute Gasteiger partial charge is 0.349 e. The molecule has 1 amide bonds. The topological polar surface area (TPSA) is 42.0 Å². The number of rotatable bonds is 5. The molecule has 0 saturated heterocycles. The van der Waals surface area contributed by atoms with Crippen molar-refractivity contribution in [2.24, 2.45) is 5.92 Å². The number of amides is 1. The van der Waals surface area contributed by atoms with E-state index in [9.17, 15) is 9.18 Å². The van der Waals surface area contributed by atoms with Gasteiger partial charge in [-0.1, -0.05) is 18.5 Å². The number of carbonyl (C=O) groups excluding carboxylic acids is 1. The number of fused-ring (bicyclic) bond motifs is 1. The molecule has 1 aliphatic carbocycles.